The van der Waals surface area contributed by atoms with Crippen molar-refractivity contribution in [1.29, 1.82) is 0 Å². The van der Waals surface area contributed by atoms with Crippen molar-refractivity contribution in [3.05, 3.63) is 23.2 Å². The van der Waals surface area contributed by atoms with Gasteiger partial charge >= 0.3 is 6.09 Å². The number of carbonyl (C=O) groups is 1. The van der Waals surface area contributed by atoms with Crippen LogP contribution in [0.1, 0.15) is 33.4 Å². The second kappa shape index (κ2) is 8.06. The smallest absolute Gasteiger partial charge is 0.410 e. The van der Waals surface area contributed by atoms with Gasteiger partial charge < -0.3 is 19.9 Å². The van der Waals surface area contributed by atoms with Crippen molar-refractivity contribution in [2.75, 3.05) is 29.9 Å². The third kappa shape index (κ3) is 5.09. The van der Waals surface area contributed by atoms with Crippen molar-refractivity contribution in [2.45, 2.75) is 46.3 Å². The summed E-state index contributed by atoms with van der Waals surface area (Å²) < 4.78 is 7.31. The van der Waals surface area contributed by atoms with Gasteiger partial charge in [-0.25, -0.2) is 9.78 Å². The predicted molar refractivity (Wildman–Crippen MR) is 113 cm³/mol. The molecule has 2 aromatic rings. The Bertz CT molecular complexity index is 874. The molecule has 1 saturated heterocycles. The highest BCUT2D eigenvalue weighted by atomic mass is 35.5. The number of nitrogens with one attached hydrogen (secondary N) is 1. The number of piperazine rings is 1. The Labute approximate surface area is 176 Å². The summed E-state index contributed by atoms with van der Waals surface area (Å²) in [5.41, 5.74) is 1.32. The first-order valence-corrected chi connectivity index (χ1v) is 9.96. The minimum atomic E-state index is -0.518. The zero-order valence-corrected chi connectivity index (χ0v) is 18.5. The molecule has 0 saturated carbocycles. The third-order valence-corrected chi connectivity index (χ3v) is 4.88. The number of rotatable bonds is 3. The van der Waals surface area contributed by atoms with Crippen molar-refractivity contribution in [3.8, 4) is 0 Å². The van der Waals surface area contributed by atoms with Gasteiger partial charge in [0.2, 0.25) is 5.28 Å². The van der Waals surface area contributed by atoms with Crippen molar-refractivity contribution in [3.63, 3.8) is 0 Å². The maximum absolute atomic E-state index is 12.5. The lowest BCUT2D eigenvalue weighted by Crippen LogP contribution is -2.55. The Morgan fingerprint density at radius 3 is 2.66 bits per heavy atom. The van der Waals surface area contributed by atoms with Gasteiger partial charge in [-0.15, -0.1) is 0 Å². The van der Waals surface area contributed by atoms with E-state index in [2.05, 4.69) is 25.3 Å². The number of amides is 1. The molecule has 1 aliphatic rings. The summed E-state index contributed by atoms with van der Waals surface area (Å²) in [7, 11) is 1.88. The lowest BCUT2D eigenvalue weighted by Gasteiger charge is -2.41. The van der Waals surface area contributed by atoms with E-state index in [1.165, 1.54) is 0 Å². The molecule has 0 radical (unpaired) electrons. The quantitative estimate of drug-likeness (QED) is 0.760. The summed E-state index contributed by atoms with van der Waals surface area (Å²) in [6.45, 7) is 11.4. The summed E-state index contributed by atoms with van der Waals surface area (Å²) in [5, 5.41) is 7.81. The number of aryl methyl sites for hydroxylation is 2. The van der Waals surface area contributed by atoms with Gasteiger partial charge in [0.1, 0.15) is 5.60 Å². The molecule has 1 atom stereocenters. The Morgan fingerprint density at radius 2 is 2.07 bits per heavy atom. The molecule has 2 aromatic heterocycles. The van der Waals surface area contributed by atoms with E-state index in [1.54, 1.807) is 15.8 Å². The van der Waals surface area contributed by atoms with Crippen molar-refractivity contribution in [2.24, 2.45) is 7.05 Å². The molecule has 158 valence electrons. The summed E-state index contributed by atoms with van der Waals surface area (Å²) in [6.07, 6.45) is 1.41. The highest BCUT2D eigenvalue weighted by molar-refractivity contribution is 6.28. The fourth-order valence-electron chi connectivity index (χ4n) is 3.19. The normalized spacial score (nSPS) is 17.4. The van der Waals surface area contributed by atoms with Gasteiger partial charge in [-0.1, -0.05) is 0 Å². The number of ether oxygens (including phenoxy) is 1. The van der Waals surface area contributed by atoms with Crippen molar-refractivity contribution in [1.82, 2.24) is 24.6 Å². The molecule has 3 heterocycles. The molecule has 0 bridgehead atoms. The monoisotopic (exact) mass is 421 g/mol. The van der Waals surface area contributed by atoms with Gasteiger partial charge in [0.05, 0.1) is 11.9 Å². The number of hydrogen-bond acceptors (Lipinski definition) is 7. The van der Waals surface area contributed by atoms with E-state index in [0.29, 0.717) is 31.3 Å². The van der Waals surface area contributed by atoms with Gasteiger partial charge in [-0.05, 0) is 46.2 Å². The standard InChI is InChI=1S/C19H28ClN7O2/c1-12-9-15(24-25(12)6)22-16-14(10-21-17(20)23-16)26-7-8-27(13(2)11-26)18(28)29-19(3,4)5/h9-10,13H,7-8,11H2,1-6H3,(H,21,22,23,24)/t13-/m1/s1. The molecule has 1 aliphatic heterocycles. The zero-order chi connectivity index (χ0) is 21.3. The zero-order valence-electron chi connectivity index (χ0n) is 17.7. The van der Waals surface area contributed by atoms with Crippen LogP contribution in [0, 0.1) is 6.92 Å². The van der Waals surface area contributed by atoms with Gasteiger partial charge in [-0.3, -0.25) is 4.68 Å². The lowest BCUT2D eigenvalue weighted by molar-refractivity contribution is 0.0159. The van der Waals surface area contributed by atoms with Crippen LogP contribution >= 0.6 is 11.6 Å². The lowest BCUT2D eigenvalue weighted by atomic mass is 10.2. The molecule has 10 heteroatoms. The van der Waals surface area contributed by atoms with Crippen molar-refractivity contribution >= 4 is 35.0 Å². The van der Waals surface area contributed by atoms with Gasteiger partial charge in [0.25, 0.3) is 0 Å². The van der Waals surface area contributed by atoms with E-state index < -0.39 is 5.60 Å². The second-order valence-corrected chi connectivity index (χ2v) is 8.60. The van der Waals surface area contributed by atoms with Crippen LogP contribution in [-0.4, -0.2) is 62.0 Å². The van der Waals surface area contributed by atoms with Crippen LogP contribution in [0.3, 0.4) is 0 Å². The fraction of sp³-hybridized carbons (Fsp3) is 0.579. The average molecular weight is 422 g/mol. The Hall–Kier alpha value is -2.55. The molecule has 1 N–H and O–H groups in total. The Morgan fingerprint density at radius 1 is 1.34 bits per heavy atom. The summed E-state index contributed by atoms with van der Waals surface area (Å²) in [5.74, 6) is 1.27. The fourth-order valence-corrected chi connectivity index (χ4v) is 3.32. The van der Waals surface area contributed by atoms with E-state index >= 15 is 0 Å². The maximum atomic E-state index is 12.5. The Balaban J connectivity index is 1.77. The number of nitrogens with zero attached hydrogens (tertiary/aromatic N) is 6. The molecule has 1 amide bonds. The molecule has 0 unspecified atom stereocenters. The van der Waals surface area contributed by atoms with Crippen molar-refractivity contribution < 1.29 is 9.53 Å². The average Bonchev–Trinajstić information content (AvgIpc) is 2.90. The Kier molecular flexibility index (Phi) is 5.88. The van der Waals surface area contributed by atoms with E-state index in [1.807, 2.05) is 47.7 Å². The first-order chi connectivity index (χ1) is 13.5. The first-order valence-electron chi connectivity index (χ1n) is 9.58. The highest BCUT2D eigenvalue weighted by Gasteiger charge is 2.32. The molecule has 9 nitrogen and oxygen atoms in total. The van der Waals surface area contributed by atoms with E-state index in [0.717, 1.165) is 11.4 Å². The van der Waals surface area contributed by atoms with Gasteiger partial charge in [-0.2, -0.15) is 10.1 Å². The van der Waals surface area contributed by atoms with Crippen LogP contribution in [0.4, 0.5) is 22.1 Å². The molecule has 1 fully saturated rings. The molecule has 29 heavy (non-hydrogen) atoms. The number of halogens is 1. The predicted octanol–water partition coefficient (Wildman–Crippen LogP) is 3.36. The van der Waals surface area contributed by atoms with Crippen LogP contribution in [0.2, 0.25) is 5.28 Å². The summed E-state index contributed by atoms with van der Waals surface area (Å²) in [4.78, 5) is 24.9. The largest absolute Gasteiger partial charge is 0.444 e. The van der Waals surface area contributed by atoms with Crippen LogP contribution in [-0.2, 0) is 11.8 Å². The van der Waals surface area contributed by atoms with Gasteiger partial charge in [0.15, 0.2) is 11.6 Å². The first kappa shape index (κ1) is 21.2. The third-order valence-electron chi connectivity index (χ3n) is 4.70. The molecular formula is C19H28ClN7O2. The maximum Gasteiger partial charge on any atom is 0.410 e. The number of hydrogen-bond donors (Lipinski definition) is 1. The minimum absolute atomic E-state index is 0.0285. The number of anilines is 3. The van der Waals surface area contributed by atoms with Crippen LogP contribution in [0.25, 0.3) is 0 Å². The summed E-state index contributed by atoms with van der Waals surface area (Å²) >= 11 is 6.04. The van der Waals surface area contributed by atoms with Crippen LogP contribution in [0.5, 0.6) is 0 Å². The van der Waals surface area contributed by atoms with E-state index in [4.69, 9.17) is 16.3 Å². The topological polar surface area (TPSA) is 88.4 Å². The molecule has 0 spiro atoms. The SMILES string of the molecule is Cc1cc(Nc2nc(Cl)ncc2N2CCN(C(=O)OC(C)(C)C)[C@H](C)C2)nn1C. The molecule has 3 rings (SSSR count). The molecular weight excluding hydrogens is 394 g/mol. The van der Waals surface area contributed by atoms with Crippen LogP contribution in [0.15, 0.2) is 12.3 Å². The molecule has 0 aliphatic carbocycles. The van der Waals surface area contributed by atoms with Crippen LogP contribution < -0.4 is 10.2 Å². The highest BCUT2D eigenvalue weighted by Crippen LogP contribution is 2.29. The minimum Gasteiger partial charge on any atom is -0.444 e. The van der Waals surface area contributed by atoms with Gasteiger partial charge in [0, 0.05) is 44.5 Å². The van der Waals surface area contributed by atoms with E-state index in [9.17, 15) is 4.79 Å². The second-order valence-electron chi connectivity index (χ2n) is 8.26. The van der Waals surface area contributed by atoms with E-state index in [-0.39, 0.29) is 17.4 Å². The molecule has 0 aromatic carbocycles. The summed E-state index contributed by atoms with van der Waals surface area (Å²) in [6, 6.07) is 1.90. The number of aromatic nitrogens is 4. The number of carbonyl (C=O) groups excluding carboxylic acids is 1.